The molecule has 5 rings (SSSR count). The first-order valence-corrected chi connectivity index (χ1v) is 14.4. The van der Waals surface area contributed by atoms with Gasteiger partial charge in [-0.2, -0.15) is 0 Å². The summed E-state index contributed by atoms with van der Waals surface area (Å²) < 4.78 is 51.6. The lowest BCUT2D eigenvalue weighted by Crippen LogP contribution is -2.49. The van der Waals surface area contributed by atoms with E-state index in [0.717, 1.165) is 29.9 Å². The topological polar surface area (TPSA) is 122 Å². The lowest BCUT2D eigenvalue weighted by atomic mass is 10.0. The summed E-state index contributed by atoms with van der Waals surface area (Å²) in [5.41, 5.74) is 0.471. The van der Waals surface area contributed by atoms with Crippen LogP contribution in [0.5, 0.6) is 5.75 Å². The van der Waals surface area contributed by atoms with Gasteiger partial charge in [0.1, 0.15) is 29.0 Å². The Morgan fingerprint density at radius 3 is 2.44 bits per heavy atom. The first-order chi connectivity index (χ1) is 19.7. The number of ether oxygens (including phenoxy) is 2. The molecule has 3 amide bonds. The molecule has 0 saturated carbocycles. The fraction of sp³-hybridized carbons (Fsp3) is 0.276. The summed E-state index contributed by atoms with van der Waals surface area (Å²) in [5.74, 6) is -2.34. The molecule has 2 aliphatic rings. The number of halogens is 1. The summed E-state index contributed by atoms with van der Waals surface area (Å²) >= 11 is 0. The monoisotopic (exact) mass is 581 g/mol. The zero-order chi connectivity index (χ0) is 29.1. The minimum Gasteiger partial charge on any atom is -0.497 e. The molecule has 0 unspecified atom stereocenters. The van der Waals surface area contributed by atoms with Crippen LogP contribution < -0.4 is 15.0 Å². The van der Waals surface area contributed by atoms with Crippen LogP contribution in [0.2, 0.25) is 0 Å². The number of rotatable bonds is 9. The molecule has 1 N–H and O–H groups in total. The van der Waals surface area contributed by atoms with E-state index < -0.39 is 46.1 Å². The van der Waals surface area contributed by atoms with E-state index in [1.807, 2.05) is 0 Å². The summed E-state index contributed by atoms with van der Waals surface area (Å²) in [6.07, 6.45) is 1.43. The van der Waals surface area contributed by atoms with Crippen molar-refractivity contribution in [1.29, 1.82) is 0 Å². The van der Waals surface area contributed by atoms with Crippen molar-refractivity contribution in [1.82, 2.24) is 9.62 Å². The standard InChI is InChI=1S/C29H28FN3O7S/c1-39-22-14-12-21(13-15-22)33(26(34)18-32-29(36)24-6-2-3-7-25(24)41(32,37)38)27(19-8-10-20(30)11-9-19)28(35)31-17-23-5-4-16-40-23/h2-3,6-15,23,27H,4-5,16-18H2,1H3,(H,31,35)/t23-,27+/m1/s1. The number of hydrogen-bond donors (Lipinski definition) is 1. The third-order valence-electron chi connectivity index (χ3n) is 7.03. The summed E-state index contributed by atoms with van der Waals surface area (Å²) in [4.78, 5) is 41.8. The second kappa shape index (κ2) is 11.7. The van der Waals surface area contributed by atoms with Crippen LogP contribution in [-0.2, 0) is 24.3 Å². The number of nitrogens with zero attached hydrogens (tertiary/aromatic N) is 2. The molecule has 10 nitrogen and oxygen atoms in total. The Hall–Kier alpha value is -4.29. The van der Waals surface area contributed by atoms with E-state index in [1.165, 1.54) is 55.6 Å². The van der Waals surface area contributed by atoms with Crippen molar-refractivity contribution < 1.29 is 36.7 Å². The smallest absolute Gasteiger partial charge is 0.269 e. The molecule has 0 spiro atoms. The highest BCUT2D eigenvalue weighted by Gasteiger charge is 2.44. The first-order valence-electron chi connectivity index (χ1n) is 13.0. The van der Waals surface area contributed by atoms with Crippen molar-refractivity contribution in [3.05, 3.63) is 89.7 Å². The molecule has 0 radical (unpaired) electrons. The molecule has 1 fully saturated rings. The summed E-state index contributed by atoms with van der Waals surface area (Å²) in [6, 6.07) is 15.7. The Labute approximate surface area is 236 Å². The Kier molecular flexibility index (Phi) is 8.04. The zero-order valence-corrected chi connectivity index (χ0v) is 23.0. The number of sulfonamides is 1. The number of anilines is 1. The molecule has 2 aliphatic heterocycles. The number of amides is 3. The summed E-state index contributed by atoms with van der Waals surface area (Å²) in [6.45, 7) is -0.0901. The van der Waals surface area contributed by atoms with Gasteiger partial charge in [-0.05, 0) is 66.9 Å². The van der Waals surface area contributed by atoms with E-state index in [9.17, 15) is 27.2 Å². The SMILES string of the molecule is COc1ccc(N(C(=O)CN2C(=O)c3ccccc3S2(=O)=O)[C@H](C(=O)NC[C@H]2CCCO2)c2ccc(F)cc2)cc1. The molecule has 12 heteroatoms. The van der Waals surface area contributed by atoms with E-state index in [1.54, 1.807) is 12.1 Å². The minimum atomic E-state index is -4.30. The molecule has 3 aromatic carbocycles. The van der Waals surface area contributed by atoms with Crippen molar-refractivity contribution in [2.24, 2.45) is 0 Å². The van der Waals surface area contributed by atoms with Gasteiger partial charge < -0.3 is 14.8 Å². The third kappa shape index (κ3) is 5.66. The lowest BCUT2D eigenvalue weighted by Gasteiger charge is -2.33. The number of nitrogens with one attached hydrogen (secondary N) is 1. The Balaban J connectivity index is 1.54. The molecular weight excluding hydrogens is 553 g/mol. The van der Waals surface area contributed by atoms with Gasteiger partial charge in [-0.25, -0.2) is 17.1 Å². The van der Waals surface area contributed by atoms with Gasteiger partial charge in [-0.15, -0.1) is 0 Å². The average Bonchev–Trinajstić information content (AvgIpc) is 3.57. The fourth-order valence-corrected chi connectivity index (χ4v) is 6.46. The van der Waals surface area contributed by atoms with Gasteiger partial charge in [-0.3, -0.25) is 19.3 Å². The fourth-order valence-electron chi connectivity index (χ4n) is 4.95. The normalized spacial score (nSPS) is 18.0. The Morgan fingerprint density at radius 1 is 1.10 bits per heavy atom. The molecule has 0 bridgehead atoms. The van der Waals surface area contributed by atoms with Crippen LogP contribution in [0.15, 0.2) is 77.7 Å². The first kappa shape index (κ1) is 28.2. The zero-order valence-electron chi connectivity index (χ0n) is 22.2. The lowest BCUT2D eigenvalue weighted by molar-refractivity contribution is -0.127. The molecule has 0 aliphatic carbocycles. The number of methoxy groups -OCH3 is 1. The summed E-state index contributed by atoms with van der Waals surface area (Å²) in [5, 5.41) is 2.82. The van der Waals surface area contributed by atoms with E-state index in [0.29, 0.717) is 16.7 Å². The van der Waals surface area contributed by atoms with Gasteiger partial charge in [0.05, 0.1) is 18.8 Å². The van der Waals surface area contributed by atoms with E-state index in [2.05, 4.69) is 5.32 Å². The predicted octanol–water partition coefficient (Wildman–Crippen LogP) is 3.05. The molecule has 2 heterocycles. The van der Waals surface area contributed by atoms with E-state index >= 15 is 0 Å². The van der Waals surface area contributed by atoms with Crippen LogP contribution in [0.25, 0.3) is 0 Å². The van der Waals surface area contributed by atoms with Gasteiger partial charge in [-0.1, -0.05) is 24.3 Å². The van der Waals surface area contributed by atoms with Gasteiger partial charge in [0.15, 0.2) is 0 Å². The minimum absolute atomic E-state index is 0.0410. The van der Waals surface area contributed by atoms with E-state index in [-0.39, 0.29) is 34.4 Å². The number of fused-ring (bicyclic) bond motifs is 1. The van der Waals surface area contributed by atoms with Crippen LogP contribution in [0.4, 0.5) is 10.1 Å². The van der Waals surface area contributed by atoms with Crippen LogP contribution in [0.1, 0.15) is 34.8 Å². The third-order valence-corrected chi connectivity index (χ3v) is 8.82. The van der Waals surface area contributed by atoms with Crippen molar-refractivity contribution in [2.75, 3.05) is 31.7 Å². The molecule has 41 heavy (non-hydrogen) atoms. The highest BCUT2D eigenvalue weighted by atomic mass is 32.2. The second-order valence-electron chi connectivity index (χ2n) is 9.61. The maximum absolute atomic E-state index is 14.0. The van der Waals surface area contributed by atoms with Crippen molar-refractivity contribution in [3.8, 4) is 5.75 Å². The number of carbonyl (C=O) groups excluding carboxylic acids is 3. The van der Waals surface area contributed by atoms with Crippen LogP contribution in [-0.4, -0.2) is 63.4 Å². The highest BCUT2D eigenvalue weighted by molar-refractivity contribution is 7.90. The molecule has 214 valence electrons. The van der Waals surface area contributed by atoms with Gasteiger partial charge in [0.25, 0.3) is 15.9 Å². The van der Waals surface area contributed by atoms with Crippen LogP contribution in [0.3, 0.4) is 0 Å². The van der Waals surface area contributed by atoms with Crippen LogP contribution >= 0.6 is 0 Å². The van der Waals surface area contributed by atoms with Gasteiger partial charge >= 0.3 is 0 Å². The Morgan fingerprint density at radius 2 is 1.80 bits per heavy atom. The van der Waals surface area contributed by atoms with Gasteiger partial charge in [0.2, 0.25) is 11.8 Å². The summed E-state index contributed by atoms with van der Waals surface area (Å²) in [7, 11) is -2.83. The second-order valence-corrected chi connectivity index (χ2v) is 11.4. The van der Waals surface area contributed by atoms with Crippen molar-refractivity contribution in [3.63, 3.8) is 0 Å². The number of hydrogen-bond acceptors (Lipinski definition) is 7. The van der Waals surface area contributed by atoms with Crippen LogP contribution in [0, 0.1) is 5.82 Å². The quantitative estimate of drug-likeness (QED) is 0.412. The van der Waals surface area contributed by atoms with Crippen molar-refractivity contribution >= 4 is 33.4 Å². The predicted molar refractivity (Wildman–Crippen MR) is 146 cm³/mol. The van der Waals surface area contributed by atoms with E-state index in [4.69, 9.17) is 9.47 Å². The maximum atomic E-state index is 14.0. The average molecular weight is 582 g/mol. The number of carbonyl (C=O) groups is 3. The molecular formula is C29H28FN3O7S. The maximum Gasteiger partial charge on any atom is 0.269 e. The van der Waals surface area contributed by atoms with Crippen molar-refractivity contribution in [2.45, 2.75) is 29.9 Å². The van der Waals surface area contributed by atoms with Gasteiger partial charge in [0, 0.05) is 18.8 Å². The largest absolute Gasteiger partial charge is 0.497 e. The molecule has 0 aromatic heterocycles. The number of benzene rings is 3. The molecule has 3 aromatic rings. The Bertz CT molecular complexity index is 1560. The molecule has 2 atom stereocenters. The molecule has 1 saturated heterocycles. The highest BCUT2D eigenvalue weighted by Crippen LogP contribution is 2.33.